The Bertz CT molecular complexity index is 808. The Morgan fingerprint density at radius 1 is 1.25 bits per heavy atom. The van der Waals surface area contributed by atoms with E-state index in [1.807, 2.05) is 19.1 Å². The van der Waals surface area contributed by atoms with Crippen LogP contribution in [0.4, 0.5) is 5.69 Å². The lowest BCUT2D eigenvalue weighted by Gasteiger charge is -2.24. The molecule has 2 heterocycles. The second-order valence-corrected chi connectivity index (χ2v) is 6.10. The highest BCUT2D eigenvalue weighted by Gasteiger charge is 2.33. The van der Waals surface area contributed by atoms with Crippen LogP contribution < -0.4 is 0 Å². The SMILES string of the molecule is CC1CC2C=C3OOC=C3C=C2C(c2ccc([N+](=O)[O-])cc2)N=N1. The maximum atomic E-state index is 10.8. The summed E-state index contributed by atoms with van der Waals surface area (Å²) in [6.07, 6.45) is 6.46. The van der Waals surface area contributed by atoms with Crippen molar-refractivity contribution in [2.45, 2.75) is 25.4 Å². The van der Waals surface area contributed by atoms with Gasteiger partial charge in [-0.3, -0.25) is 19.9 Å². The number of nitro groups is 1. The molecule has 3 atom stereocenters. The predicted molar refractivity (Wildman–Crippen MR) is 84.7 cm³/mol. The highest BCUT2D eigenvalue weighted by Crippen LogP contribution is 2.43. The minimum atomic E-state index is -0.407. The number of azo groups is 1. The third-order valence-corrected chi connectivity index (χ3v) is 4.41. The van der Waals surface area contributed by atoms with Crippen molar-refractivity contribution in [1.82, 2.24) is 0 Å². The fraction of sp³-hybridized carbons (Fsp3) is 0.294. The van der Waals surface area contributed by atoms with Crippen LogP contribution in [0.5, 0.6) is 0 Å². The van der Waals surface area contributed by atoms with Gasteiger partial charge in [0.1, 0.15) is 6.04 Å². The van der Waals surface area contributed by atoms with Gasteiger partial charge in [0, 0.05) is 18.1 Å². The molecular weight excluding hydrogens is 310 g/mol. The highest BCUT2D eigenvalue weighted by molar-refractivity contribution is 5.48. The first-order chi connectivity index (χ1) is 11.6. The molecule has 4 rings (SSSR count). The van der Waals surface area contributed by atoms with Crippen molar-refractivity contribution in [3.8, 4) is 0 Å². The van der Waals surface area contributed by atoms with Crippen LogP contribution in [0.15, 0.2) is 69.8 Å². The first kappa shape index (κ1) is 14.6. The molecule has 0 fully saturated rings. The summed E-state index contributed by atoms with van der Waals surface area (Å²) in [4.78, 5) is 20.5. The molecule has 24 heavy (non-hydrogen) atoms. The van der Waals surface area contributed by atoms with Gasteiger partial charge in [0.15, 0.2) is 12.0 Å². The minimum absolute atomic E-state index is 0.0642. The molecule has 122 valence electrons. The zero-order chi connectivity index (χ0) is 16.7. The second-order valence-electron chi connectivity index (χ2n) is 6.10. The lowest BCUT2D eigenvalue weighted by Crippen LogP contribution is -2.15. The van der Waals surface area contributed by atoms with Gasteiger partial charge in [-0.1, -0.05) is 0 Å². The van der Waals surface area contributed by atoms with E-state index >= 15 is 0 Å². The van der Waals surface area contributed by atoms with Crippen LogP contribution in [0, 0.1) is 16.0 Å². The number of non-ortho nitro benzene ring substituents is 1. The predicted octanol–water partition coefficient (Wildman–Crippen LogP) is 4.17. The van der Waals surface area contributed by atoms with Crippen LogP contribution in [0.25, 0.3) is 0 Å². The summed E-state index contributed by atoms with van der Waals surface area (Å²) < 4.78 is 0. The fourth-order valence-electron chi connectivity index (χ4n) is 3.21. The maximum absolute atomic E-state index is 10.8. The normalized spacial score (nSPS) is 27.5. The second kappa shape index (κ2) is 5.59. The average molecular weight is 325 g/mol. The monoisotopic (exact) mass is 325 g/mol. The molecule has 1 aromatic rings. The summed E-state index contributed by atoms with van der Waals surface area (Å²) >= 11 is 0. The number of hydrogen-bond acceptors (Lipinski definition) is 6. The van der Waals surface area contributed by atoms with Crippen LogP contribution in [-0.2, 0) is 9.78 Å². The van der Waals surface area contributed by atoms with Gasteiger partial charge in [-0.15, -0.1) is 0 Å². The number of rotatable bonds is 2. The Balaban J connectivity index is 1.75. The smallest absolute Gasteiger partial charge is 0.269 e. The van der Waals surface area contributed by atoms with E-state index < -0.39 is 4.92 Å². The summed E-state index contributed by atoms with van der Waals surface area (Å²) in [5.41, 5.74) is 2.92. The number of nitro benzene ring substituents is 1. The Morgan fingerprint density at radius 2 is 2.04 bits per heavy atom. The molecule has 7 nitrogen and oxygen atoms in total. The Hall–Kier alpha value is -2.96. The largest absolute Gasteiger partial charge is 0.297 e. The van der Waals surface area contributed by atoms with Crippen LogP contribution >= 0.6 is 0 Å². The van der Waals surface area contributed by atoms with E-state index in [1.54, 1.807) is 18.4 Å². The van der Waals surface area contributed by atoms with Gasteiger partial charge < -0.3 is 0 Å². The van der Waals surface area contributed by atoms with Crippen molar-refractivity contribution in [2.24, 2.45) is 16.1 Å². The topological polar surface area (TPSA) is 86.3 Å². The van der Waals surface area contributed by atoms with Crippen LogP contribution in [0.3, 0.4) is 0 Å². The molecule has 1 aliphatic carbocycles. The third-order valence-electron chi connectivity index (χ3n) is 4.41. The van der Waals surface area contributed by atoms with E-state index in [-0.39, 0.29) is 23.7 Å². The van der Waals surface area contributed by atoms with E-state index in [1.165, 1.54) is 12.1 Å². The van der Waals surface area contributed by atoms with Crippen molar-refractivity contribution >= 4 is 5.69 Å². The standard InChI is InChI=1S/C17H15N3O4/c1-10-6-12-8-16-13(9-23-24-16)7-15(12)17(19-18-10)11-2-4-14(5-3-11)20(21)22/h2-5,7-10,12,17H,6H2,1H3. The number of allylic oxidation sites excluding steroid dienone is 2. The van der Waals surface area contributed by atoms with Gasteiger partial charge in [0.25, 0.3) is 5.69 Å². The van der Waals surface area contributed by atoms with Gasteiger partial charge in [-0.25, -0.2) is 0 Å². The summed E-state index contributed by atoms with van der Waals surface area (Å²) in [5.74, 6) is 0.865. The zero-order valence-corrected chi connectivity index (χ0v) is 13.0. The summed E-state index contributed by atoms with van der Waals surface area (Å²) in [6.45, 7) is 2.02. The molecule has 0 amide bonds. The maximum Gasteiger partial charge on any atom is 0.269 e. The van der Waals surface area contributed by atoms with Gasteiger partial charge in [0.2, 0.25) is 0 Å². The van der Waals surface area contributed by atoms with Crippen LogP contribution in [0.1, 0.15) is 24.9 Å². The van der Waals surface area contributed by atoms with E-state index in [4.69, 9.17) is 9.78 Å². The molecule has 0 radical (unpaired) electrons. The first-order valence-corrected chi connectivity index (χ1v) is 7.73. The summed E-state index contributed by atoms with van der Waals surface area (Å²) in [7, 11) is 0. The summed E-state index contributed by atoms with van der Waals surface area (Å²) in [5, 5.41) is 19.7. The van der Waals surface area contributed by atoms with Crippen molar-refractivity contribution in [3.05, 3.63) is 75.3 Å². The zero-order valence-electron chi connectivity index (χ0n) is 13.0. The highest BCUT2D eigenvalue weighted by atomic mass is 17.2. The van der Waals surface area contributed by atoms with E-state index in [0.717, 1.165) is 28.9 Å². The molecule has 0 N–H and O–H groups in total. The molecule has 3 unspecified atom stereocenters. The molecule has 0 saturated heterocycles. The van der Waals surface area contributed by atoms with Gasteiger partial charge in [-0.2, -0.15) is 10.2 Å². The minimum Gasteiger partial charge on any atom is -0.297 e. The average Bonchev–Trinajstić information content (AvgIpc) is 2.96. The third kappa shape index (κ3) is 2.47. The number of hydrogen-bond donors (Lipinski definition) is 0. The van der Waals surface area contributed by atoms with Crippen LogP contribution in [-0.4, -0.2) is 11.0 Å². The molecule has 3 aliphatic rings. The quantitative estimate of drug-likeness (QED) is 0.464. The molecule has 7 heteroatoms. The molecule has 0 bridgehead atoms. The molecule has 0 saturated carbocycles. The Kier molecular flexibility index (Phi) is 3.41. The van der Waals surface area contributed by atoms with Crippen LogP contribution in [0.2, 0.25) is 0 Å². The van der Waals surface area contributed by atoms with Gasteiger partial charge in [0.05, 0.1) is 16.5 Å². The van der Waals surface area contributed by atoms with E-state index in [0.29, 0.717) is 0 Å². The number of benzene rings is 1. The lowest BCUT2D eigenvalue weighted by atomic mass is 9.81. The summed E-state index contributed by atoms with van der Waals surface area (Å²) in [6, 6.07) is 6.31. The molecular formula is C17H15N3O4. The van der Waals surface area contributed by atoms with Crippen molar-refractivity contribution in [2.75, 3.05) is 0 Å². The van der Waals surface area contributed by atoms with Crippen molar-refractivity contribution < 1.29 is 14.7 Å². The van der Waals surface area contributed by atoms with E-state index in [2.05, 4.69) is 10.2 Å². The van der Waals surface area contributed by atoms with Gasteiger partial charge in [-0.05, 0) is 48.8 Å². The Labute approximate surface area is 138 Å². The lowest BCUT2D eigenvalue weighted by molar-refractivity contribution is -0.384. The first-order valence-electron chi connectivity index (χ1n) is 7.73. The molecule has 0 spiro atoms. The molecule has 0 aromatic heterocycles. The molecule has 1 aromatic carbocycles. The van der Waals surface area contributed by atoms with E-state index in [9.17, 15) is 10.1 Å². The molecule has 2 aliphatic heterocycles. The van der Waals surface area contributed by atoms with Gasteiger partial charge >= 0.3 is 0 Å². The van der Waals surface area contributed by atoms with Crippen molar-refractivity contribution in [1.29, 1.82) is 0 Å². The fourth-order valence-corrected chi connectivity index (χ4v) is 3.21. The number of nitrogens with zero attached hydrogens (tertiary/aromatic N) is 3. The number of fused-ring (bicyclic) bond motifs is 2. The Morgan fingerprint density at radius 3 is 2.79 bits per heavy atom. The van der Waals surface area contributed by atoms with Crippen molar-refractivity contribution in [3.63, 3.8) is 0 Å².